The van der Waals surface area contributed by atoms with Crippen molar-refractivity contribution in [1.29, 1.82) is 0 Å². The second kappa shape index (κ2) is 7.81. The molecular weight excluding hydrogens is 312 g/mol. The molecule has 0 amide bonds. The standard InChI is InChI=1S/C18H18N2O2.ClH/c1-22-17-9-5-8-14-16(19-10-11-21)12-15(20-18(14)17)13-6-3-2-4-7-13;/h2-9,12,21H,10-11H2,1H3,(H,19,20);1H. The van der Waals surface area contributed by atoms with Crippen molar-refractivity contribution >= 4 is 29.0 Å². The zero-order chi connectivity index (χ0) is 15.4. The number of nitrogens with one attached hydrogen (secondary N) is 1. The van der Waals surface area contributed by atoms with Crippen LogP contribution in [-0.2, 0) is 0 Å². The number of aliphatic hydroxyl groups excluding tert-OH is 1. The molecule has 4 nitrogen and oxygen atoms in total. The molecule has 0 aliphatic heterocycles. The van der Waals surface area contributed by atoms with E-state index in [0.29, 0.717) is 6.54 Å². The number of benzene rings is 2. The van der Waals surface area contributed by atoms with Crippen molar-refractivity contribution in [1.82, 2.24) is 4.98 Å². The summed E-state index contributed by atoms with van der Waals surface area (Å²) in [4.78, 5) is 4.76. The fraction of sp³-hybridized carbons (Fsp3) is 0.167. The SMILES string of the molecule is COc1cccc2c(NCCO)cc(-c3ccccc3)nc12.Cl. The molecule has 5 heteroatoms. The van der Waals surface area contributed by atoms with E-state index < -0.39 is 0 Å². The number of para-hydroxylation sites is 1. The number of ether oxygens (including phenoxy) is 1. The van der Waals surface area contributed by atoms with Crippen LogP contribution in [0.5, 0.6) is 5.75 Å². The molecule has 120 valence electrons. The van der Waals surface area contributed by atoms with Crippen molar-refractivity contribution in [3.05, 3.63) is 54.6 Å². The molecule has 0 spiro atoms. The maximum absolute atomic E-state index is 9.08. The van der Waals surface area contributed by atoms with E-state index in [1.165, 1.54) is 0 Å². The summed E-state index contributed by atoms with van der Waals surface area (Å²) in [6.45, 7) is 0.568. The van der Waals surface area contributed by atoms with Gasteiger partial charge in [0.15, 0.2) is 0 Å². The first-order valence-electron chi connectivity index (χ1n) is 7.21. The molecule has 3 rings (SSSR count). The number of pyridine rings is 1. The quantitative estimate of drug-likeness (QED) is 0.748. The van der Waals surface area contributed by atoms with Crippen LogP contribution in [0.1, 0.15) is 0 Å². The predicted molar refractivity (Wildman–Crippen MR) is 96.6 cm³/mol. The van der Waals surface area contributed by atoms with Crippen LogP contribution < -0.4 is 10.1 Å². The number of aliphatic hydroxyl groups is 1. The minimum absolute atomic E-state index is 0. The zero-order valence-electron chi connectivity index (χ0n) is 12.8. The molecule has 2 N–H and O–H groups in total. The molecule has 0 unspecified atom stereocenters. The highest BCUT2D eigenvalue weighted by atomic mass is 35.5. The van der Waals surface area contributed by atoms with Gasteiger partial charge in [0.25, 0.3) is 0 Å². The van der Waals surface area contributed by atoms with Crippen LogP contribution in [0.4, 0.5) is 5.69 Å². The molecule has 0 saturated heterocycles. The summed E-state index contributed by atoms with van der Waals surface area (Å²) < 4.78 is 5.44. The van der Waals surface area contributed by atoms with Gasteiger partial charge < -0.3 is 15.2 Å². The number of aromatic nitrogens is 1. The number of anilines is 1. The Bertz CT molecular complexity index is 779. The van der Waals surface area contributed by atoms with E-state index in [4.69, 9.17) is 14.8 Å². The van der Waals surface area contributed by atoms with Crippen molar-refractivity contribution in [3.8, 4) is 17.0 Å². The molecule has 0 aliphatic carbocycles. The summed E-state index contributed by atoms with van der Waals surface area (Å²) in [6.07, 6.45) is 0. The molecule has 1 aromatic heterocycles. The summed E-state index contributed by atoms with van der Waals surface area (Å²) >= 11 is 0. The topological polar surface area (TPSA) is 54.4 Å². The van der Waals surface area contributed by atoms with Crippen LogP contribution in [0.2, 0.25) is 0 Å². The van der Waals surface area contributed by atoms with Crippen molar-refractivity contribution in [2.45, 2.75) is 0 Å². The van der Waals surface area contributed by atoms with Crippen LogP contribution in [0.3, 0.4) is 0 Å². The second-order valence-corrected chi connectivity index (χ2v) is 4.93. The first-order chi connectivity index (χ1) is 10.8. The third-order valence-corrected chi connectivity index (χ3v) is 3.52. The van der Waals surface area contributed by atoms with Crippen molar-refractivity contribution in [3.63, 3.8) is 0 Å². The van der Waals surface area contributed by atoms with Gasteiger partial charge in [0, 0.05) is 23.2 Å². The van der Waals surface area contributed by atoms with Crippen LogP contribution >= 0.6 is 12.4 Å². The first-order valence-corrected chi connectivity index (χ1v) is 7.21. The molecule has 23 heavy (non-hydrogen) atoms. The lowest BCUT2D eigenvalue weighted by Crippen LogP contribution is -2.06. The third kappa shape index (κ3) is 3.55. The highest BCUT2D eigenvalue weighted by Gasteiger charge is 2.10. The lowest BCUT2D eigenvalue weighted by molar-refractivity contribution is 0.311. The molecule has 0 fully saturated rings. The maximum Gasteiger partial charge on any atom is 0.145 e. The first kappa shape index (κ1) is 17.1. The molecule has 1 heterocycles. The Morgan fingerprint density at radius 1 is 1.09 bits per heavy atom. The number of nitrogens with zero attached hydrogens (tertiary/aromatic N) is 1. The molecule has 0 atom stereocenters. The highest BCUT2D eigenvalue weighted by molar-refractivity contribution is 5.97. The monoisotopic (exact) mass is 330 g/mol. The van der Waals surface area contributed by atoms with Gasteiger partial charge in [-0.05, 0) is 12.1 Å². The van der Waals surface area contributed by atoms with Crippen molar-refractivity contribution in [2.24, 2.45) is 0 Å². The molecule has 0 bridgehead atoms. The Kier molecular flexibility index (Phi) is 5.79. The van der Waals surface area contributed by atoms with Crippen molar-refractivity contribution in [2.75, 3.05) is 25.6 Å². The van der Waals surface area contributed by atoms with Gasteiger partial charge in [-0.2, -0.15) is 0 Å². The van der Waals surface area contributed by atoms with Gasteiger partial charge in [0.05, 0.1) is 19.4 Å². The third-order valence-electron chi connectivity index (χ3n) is 3.52. The Morgan fingerprint density at radius 2 is 1.87 bits per heavy atom. The summed E-state index contributed by atoms with van der Waals surface area (Å²) in [6, 6.07) is 17.9. The Hall–Kier alpha value is -2.30. The predicted octanol–water partition coefficient (Wildman–Crippen LogP) is 3.74. The molecule has 0 radical (unpaired) electrons. The Balaban J connectivity index is 0.00000192. The largest absolute Gasteiger partial charge is 0.494 e. The second-order valence-electron chi connectivity index (χ2n) is 4.93. The molecule has 3 aromatic rings. The summed E-state index contributed by atoms with van der Waals surface area (Å²) in [7, 11) is 1.65. The smallest absolute Gasteiger partial charge is 0.145 e. The number of hydrogen-bond donors (Lipinski definition) is 2. The van der Waals surface area contributed by atoms with Crippen LogP contribution in [-0.4, -0.2) is 30.4 Å². The van der Waals surface area contributed by atoms with E-state index in [1.54, 1.807) is 7.11 Å². The van der Waals surface area contributed by atoms with Gasteiger partial charge >= 0.3 is 0 Å². The number of rotatable bonds is 5. The van der Waals surface area contributed by atoms with E-state index in [0.717, 1.165) is 33.6 Å². The highest BCUT2D eigenvalue weighted by Crippen LogP contribution is 2.32. The Labute approximate surface area is 141 Å². The molecule has 0 saturated carbocycles. The number of fused-ring (bicyclic) bond motifs is 1. The van der Waals surface area contributed by atoms with E-state index in [9.17, 15) is 0 Å². The van der Waals surface area contributed by atoms with Crippen molar-refractivity contribution < 1.29 is 9.84 Å². The normalized spacial score (nSPS) is 10.2. The molecule has 2 aromatic carbocycles. The van der Waals surface area contributed by atoms with Crippen LogP contribution in [0, 0.1) is 0 Å². The van der Waals surface area contributed by atoms with E-state index in [1.807, 2.05) is 54.6 Å². The molecular formula is C18H19ClN2O2. The van der Waals surface area contributed by atoms with Crippen LogP contribution in [0.25, 0.3) is 22.2 Å². The average molecular weight is 331 g/mol. The fourth-order valence-corrected chi connectivity index (χ4v) is 2.48. The van der Waals surface area contributed by atoms with E-state index >= 15 is 0 Å². The summed E-state index contributed by atoms with van der Waals surface area (Å²) in [5.74, 6) is 0.738. The van der Waals surface area contributed by atoms with Crippen LogP contribution in [0.15, 0.2) is 54.6 Å². The number of methoxy groups -OCH3 is 1. The maximum atomic E-state index is 9.08. The number of hydrogen-bond acceptors (Lipinski definition) is 4. The van der Waals surface area contributed by atoms with Gasteiger partial charge in [-0.1, -0.05) is 42.5 Å². The number of halogens is 1. The van der Waals surface area contributed by atoms with Gasteiger partial charge in [-0.25, -0.2) is 4.98 Å². The average Bonchev–Trinajstić information content (AvgIpc) is 2.59. The lowest BCUT2D eigenvalue weighted by Gasteiger charge is -2.13. The zero-order valence-corrected chi connectivity index (χ0v) is 13.6. The minimum Gasteiger partial charge on any atom is -0.494 e. The Morgan fingerprint density at radius 3 is 2.57 bits per heavy atom. The summed E-state index contributed by atoms with van der Waals surface area (Å²) in [5.41, 5.74) is 3.67. The fourth-order valence-electron chi connectivity index (χ4n) is 2.48. The minimum atomic E-state index is 0. The summed E-state index contributed by atoms with van der Waals surface area (Å²) in [5, 5.41) is 13.3. The van der Waals surface area contributed by atoms with E-state index in [-0.39, 0.29) is 19.0 Å². The lowest BCUT2D eigenvalue weighted by atomic mass is 10.1. The van der Waals surface area contributed by atoms with Gasteiger partial charge in [0.2, 0.25) is 0 Å². The van der Waals surface area contributed by atoms with E-state index in [2.05, 4.69) is 5.32 Å². The van der Waals surface area contributed by atoms with Gasteiger partial charge in [-0.15, -0.1) is 12.4 Å². The van der Waals surface area contributed by atoms with Gasteiger partial charge in [0.1, 0.15) is 11.3 Å². The molecule has 0 aliphatic rings. The van der Waals surface area contributed by atoms with Gasteiger partial charge in [-0.3, -0.25) is 0 Å².